The van der Waals surface area contributed by atoms with E-state index in [1.165, 1.54) is 6.92 Å². The average molecular weight is 353 g/mol. The third kappa shape index (κ3) is 5.21. The quantitative estimate of drug-likeness (QED) is 0.629. The van der Waals surface area contributed by atoms with Crippen LogP contribution < -0.4 is 0 Å². The number of rotatable bonds is 6. The zero-order chi connectivity index (χ0) is 18.7. The highest BCUT2D eigenvalue weighted by Crippen LogP contribution is 2.43. The largest absolute Gasteiger partial charge is 0.459 e. The minimum absolute atomic E-state index is 0.0578. The molecule has 2 aliphatic rings. The van der Waals surface area contributed by atoms with Crippen LogP contribution in [-0.4, -0.2) is 23.1 Å². The molecule has 0 bridgehead atoms. The Labute approximate surface area is 153 Å². The summed E-state index contributed by atoms with van der Waals surface area (Å²) in [6.07, 6.45) is 9.04. The first-order valence-electron chi connectivity index (χ1n) is 10.1. The Bertz CT molecular complexity index is 478. The molecule has 3 unspecified atom stereocenters. The summed E-state index contributed by atoms with van der Waals surface area (Å²) < 4.78 is 11.6. The summed E-state index contributed by atoms with van der Waals surface area (Å²) in [6.45, 7) is 9.80. The third-order valence-electron chi connectivity index (χ3n) is 6.34. The van der Waals surface area contributed by atoms with E-state index in [0.717, 1.165) is 57.8 Å². The van der Waals surface area contributed by atoms with Gasteiger partial charge in [-0.25, -0.2) is 0 Å². The number of esters is 2. The summed E-state index contributed by atoms with van der Waals surface area (Å²) >= 11 is 0. The molecule has 25 heavy (non-hydrogen) atoms. The molecule has 2 rings (SSSR count). The normalized spacial score (nSPS) is 30.1. The van der Waals surface area contributed by atoms with E-state index in [9.17, 15) is 9.59 Å². The lowest BCUT2D eigenvalue weighted by Crippen LogP contribution is -2.44. The molecular weight excluding hydrogens is 316 g/mol. The smallest absolute Gasteiger partial charge is 0.309 e. The molecule has 0 aliphatic heterocycles. The van der Waals surface area contributed by atoms with Gasteiger partial charge >= 0.3 is 11.9 Å². The predicted molar refractivity (Wildman–Crippen MR) is 98.0 cm³/mol. The van der Waals surface area contributed by atoms with Gasteiger partial charge in [-0.1, -0.05) is 27.2 Å². The van der Waals surface area contributed by atoms with Crippen molar-refractivity contribution >= 4 is 11.9 Å². The van der Waals surface area contributed by atoms with Gasteiger partial charge in [-0.05, 0) is 70.1 Å². The van der Waals surface area contributed by atoms with Crippen LogP contribution in [0, 0.1) is 17.8 Å². The van der Waals surface area contributed by atoms with Gasteiger partial charge < -0.3 is 9.47 Å². The summed E-state index contributed by atoms with van der Waals surface area (Å²) in [4.78, 5) is 24.1. The van der Waals surface area contributed by atoms with Crippen LogP contribution >= 0.6 is 0 Å². The fourth-order valence-corrected chi connectivity index (χ4v) is 4.77. The summed E-state index contributed by atoms with van der Waals surface area (Å²) in [7, 11) is 0. The molecule has 4 nitrogen and oxygen atoms in total. The van der Waals surface area contributed by atoms with E-state index in [1.807, 2.05) is 6.92 Å². The van der Waals surface area contributed by atoms with E-state index in [2.05, 4.69) is 20.8 Å². The highest BCUT2D eigenvalue weighted by Gasteiger charge is 2.43. The standard InChI is InChI=1S/C21H36O4/c1-15(2)21(24-17(4)22)12-8-9-18(14-21)13-16(3)19(23)25-20(5)10-6-7-11-20/h15-16,18H,6-14H2,1-5H3. The van der Waals surface area contributed by atoms with E-state index < -0.39 is 0 Å². The Kier molecular flexibility index (Phi) is 6.56. The topological polar surface area (TPSA) is 52.6 Å². The molecule has 2 fully saturated rings. The zero-order valence-electron chi connectivity index (χ0n) is 16.7. The van der Waals surface area contributed by atoms with Crippen molar-refractivity contribution in [3.63, 3.8) is 0 Å². The van der Waals surface area contributed by atoms with Gasteiger partial charge in [-0.3, -0.25) is 9.59 Å². The van der Waals surface area contributed by atoms with Crippen LogP contribution in [-0.2, 0) is 19.1 Å². The van der Waals surface area contributed by atoms with E-state index in [-0.39, 0.29) is 29.1 Å². The van der Waals surface area contributed by atoms with Crippen LogP contribution in [0.3, 0.4) is 0 Å². The molecule has 0 radical (unpaired) electrons. The first-order chi connectivity index (χ1) is 11.7. The van der Waals surface area contributed by atoms with Crippen molar-refractivity contribution in [2.45, 2.75) is 104 Å². The molecule has 2 saturated carbocycles. The Morgan fingerprint density at radius 1 is 1.04 bits per heavy atom. The molecule has 0 amide bonds. The fraction of sp³-hybridized carbons (Fsp3) is 0.905. The van der Waals surface area contributed by atoms with Crippen LogP contribution in [0.25, 0.3) is 0 Å². The third-order valence-corrected chi connectivity index (χ3v) is 6.34. The van der Waals surface area contributed by atoms with Crippen molar-refractivity contribution in [3.05, 3.63) is 0 Å². The second-order valence-corrected chi connectivity index (χ2v) is 8.99. The number of carbonyl (C=O) groups is 2. The Morgan fingerprint density at radius 3 is 2.24 bits per heavy atom. The first kappa shape index (κ1) is 20.3. The molecular formula is C21H36O4. The lowest BCUT2D eigenvalue weighted by Gasteiger charge is -2.43. The molecule has 0 aromatic carbocycles. The van der Waals surface area contributed by atoms with Crippen molar-refractivity contribution in [1.82, 2.24) is 0 Å². The molecule has 0 N–H and O–H groups in total. The van der Waals surface area contributed by atoms with Crippen LogP contribution in [0.5, 0.6) is 0 Å². The first-order valence-corrected chi connectivity index (χ1v) is 10.1. The maximum atomic E-state index is 12.5. The summed E-state index contributed by atoms with van der Waals surface area (Å²) in [5.74, 6) is 0.351. The molecule has 3 atom stereocenters. The van der Waals surface area contributed by atoms with E-state index in [4.69, 9.17) is 9.47 Å². The van der Waals surface area contributed by atoms with Gasteiger partial charge in [0.25, 0.3) is 0 Å². The van der Waals surface area contributed by atoms with Crippen LogP contribution in [0.15, 0.2) is 0 Å². The molecule has 0 aromatic heterocycles. The monoisotopic (exact) mass is 352 g/mol. The second kappa shape index (κ2) is 8.09. The van der Waals surface area contributed by atoms with Crippen molar-refractivity contribution in [1.29, 1.82) is 0 Å². The van der Waals surface area contributed by atoms with E-state index in [1.54, 1.807) is 0 Å². The lowest BCUT2D eigenvalue weighted by atomic mass is 9.70. The minimum atomic E-state index is -0.365. The van der Waals surface area contributed by atoms with Crippen LogP contribution in [0.1, 0.15) is 92.4 Å². The minimum Gasteiger partial charge on any atom is -0.459 e. The fourth-order valence-electron chi connectivity index (χ4n) is 4.77. The van der Waals surface area contributed by atoms with Crippen molar-refractivity contribution in [2.75, 3.05) is 0 Å². The maximum Gasteiger partial charge on any atom is 0.309 e. The summed E-state index contributed by atoms with van der Waals surface area (Å²) in [5.41, 5.74) is -0.618. The van der Waals surface area contributed by atoms with Gasteiger partial charge in [0, 0.05) is 6.92 Å². The molecule has 2 aliphatic carbocycles. The van der Waals surface area contributed by atoms with Gasteiger partial charge in [0.2, 0.25) is 0 Å². The molecule has 0 aromatic rings. The Hall–Kier alpha value is -1.06. The maximum absolute atomic E-state index is 12.5. The van der Waals surface area contributed by atoms with Gasteiger partial charge in [0.1, 0.15) is 11.2 Å². The van der Waals surface area contributed by atoms with Crippen molar-refractivity contribution in [3.8, 4) is 0 Å². The van der Waals surface area contributed by atoms with Crippen LogP contribution in [0.2, 0.25) is 0 Å². The zero-order valence-corrected chi connectivity index (χ0v) is 16.7. The highest BCUT2D eigenvalue weighted by molar-refractivity contribution is 5.72. The lowest BCUT2D eigenvalue weighted by molar-refractivity contribution is -0.172. The van der Waals surface area contributed by atoms with Crippen molar-refractivity contribution < 1.29 is 19.1 Å². The number of hydrogen-bond donors (Lipinski definition) is 0. The molecule has 144 valence electrons. The van der Waals surface area contributed by atoms with E-state index >= 15 is 0 Å². The average Bonchev–Trinajstić information content (AvgIpc) is 2.92. The SMILES string of the molecule is CC(=O)OC1(C(C)C)CCCC(CC(C)C(=O)OC2(C)CCCC2)C1. The number of carbonyl (C=O) groups excluding carboxylic acids is 2. The van der Waals surface area contributed by atoms with E-state index in [0.29, 0.717) is 11.8 Å². The van der Waals surface area contributed by atoms with Gasteiger partial charge in [0.15, 0.2) is 0 Å². The van der Waals surface area contributed by atoms with Gasteiger partial charge in [0.05, 0.1) is 5.92 Å². The van der Waals surface area contributed by atoms with Gasteiger partial charge in [-0.15, -0.1) is 0 Å². The molecule has 0 heterocycles. The number of hydrogen-bond acceptors (Lipinski definition) is 4. The molecule has 0 spiro atoms. The molecule has 4 heteroatoms. The Morgan fingerprint density at radius 2 is 1.68 bits per heavy atom. The summed E-state index contributed by atoms with van der Waals surface area (Å²) in [6, 6.07) is 0. The van der Waals surface area contributed by atoms with Gasteiger partial charge in [-0.2, -0.15) is 0 Å². The summed E-state index contributed by atoms with van der Waals surface area (Å²) in [5, 5.41) is 0. The predicted octanol–water partition coefficient (Wildman–Crippen LogP) is 5.04. The Balaban J connectivity index is 1.94. The highest BCUT2D eigenvalue weighted by atomic mass is 16.6. The molecule has 0 saturated heterocycles. The number of ether oxygens (including phenoxy) is 2. The second-order valence-electron chi connectivity index (χ2n) is 8.99. The van der Waals surface area contributed by atoms with Crippen LogP contribution in [0.4, 0.5) is 0 Å². The van der Waals surface area contributed by atoms with Crippen molar-refractivity contribution in [2.24, 2.45) is 17.8 Å².